The van der Waals surface area contributed by atoms with Crippen LogP contribution in [0.15, 0.2) is 0 Å². The number of hydrogen-bond donors (Lipinski definition) is 2. The van der Waals surface area contributed by atoms with Gasteiger partial charge in [0, 0.05) is 13.1 Å². The van der Waals surface area contributed by atoms with Crippen LogP contribution in [0.1, 0.15) is 65.0 Å². The monoisotopic (exact) mass is 280 g/mol. The van der Waals surface area contributed by atoms with Crippen LogP contribution in [-0.2, 0) is 6.54 Å². The molecule has 0 radical (unpaired) electrons. The maximum atomic E-state index is 6.08. The molecule has 0 spiro atoms. The van der Waals surface area contributed by atoms with E-state index in [0.29, 0.717) is 0 Å². The molecular formula is C16H32N4. The number of nitrogens with two attached hydrogens (primary N) is 1. The van der Waals surface area contributed by atoms with Crippen molar-refractivity contribution in [3.05, 3.63) is 5.69 Å². The molecule has 0 aliphatic heterocycles. The number of rotatable bonds is 10. The van der Waals surface area contributed by atoms with Gasteiger partial charge < -0.3 is 11.1 Å². The van der Waals surface area contributed by atoms with Crippen LogP contribution in [0, 0.1) is 12.8 Å². The van der Waals surface area contributed by atoms with E-state index in [0.717, 1.165) is 42.6 Å². The van der Waals surface area contributed by atoms with E-state index >= 15 is 0 Å². The Morgan fingerprint density at radius 3 is 2.55 bits per heavy atom. The summed E-state index contributed by atoms with van der Waals surface area (Å²) in [6.45, 7) is 10.6. The molecule has 0 saturated carbocycles. The Labute approximate surface area is 124 Å². The third kappa shape index (κ3) is 5.43. The first-order valence-corrected chi connectivity index (χ1v) is 8.13. The molecule has 1 rings (SSSR count). The zero-order chi connectivity index (χ0) is 15.0. The number of hydrogen-bond acceptors (Lipinski definition) is 3. The molecule has 116 valence electrons. The van der Waals surface area contributed by atoms with Crippen molar-refractivity contribution in [2.75, 3.05) is 17.6 Å². The Morgan fingerprint density at radius 1 is 1.20 bits per heavy atom. The maximum absolute atomic E-state index is 6.08. The molecule has 0 atom stereocenters. The number of nitrogen functional groups attached to an aromatic ring is 1. The second-order valence-corrected chi connectivity index (χ2v) is 6.09. The van der Waals surface area contributed by atoms with Gasteiger partial charge >= 0.3 is 0 Å². The Kier molecular flexibility index (Phi) is 7.48. The van der Waals surface area contributed by atoms with Gasteiger partial charge in [-0.2, -0.15) is 5.10 Å². The van der Waals surface area contributed by atoms with E-state index in [1.807, 2.05) is 11.6 Å². The molecule has 0 saturated heterocycles. The van der Waals surface area contributed by atoms with Gasteiger partial charge in [0.15, 0.2) is 0 Å². The van der Waals surface area contributed by atoms with E-state index in [1.165, 1.54) is 32.1 Å². The molecule has 0 bridgehead atoms. The fourth-order valence-corrected chi connectivity index (χ4v) is 2.39. The van der Waals surface area contributed by atoms with Gasteiger partial charge in [0.05, 0.1) is 11.4 Å². The van der Waals surface area contributed by atoms with Crippen molar-refractivity contribution in [2.45, 2.75) is 72.8 Å². The lowest BCUT2D eigenvalue weighted by molar-refractivity contribution is 0.522. The molecule has 1 aromatic heterocycles. The highest BCUT2D eigenvalue weighted by Crippen LogP contribution is 2.22. The summed E-state index contributed by atoms with van der Waals surface area (Å²) in [5.74, 6) is 1.84. The molecule has 0 amide bonds. The van der Waals surface area contributed by atoms with Gasteiger partial charge in [-0.1, -0.05) is 46.5 Å². The van der Waals surface area contributed by atoms with Crippen LogP contribution < -0.4 is 11.1 Å². The molecule has 0 aromatic carbocycles. The minimum absolute atomic E-state index is 0.804. The first-order chi connectivity index (χ1) is 9.56. The zero-order valence-electron chi connectivity index (χ0n) is 13.7. The number of nitrogens with one attached hydrogen (secondary N) is 1. The number of nitrogens with zero attached hydrogens (tertiary/aromatic N) is 2. The Hall–Kier alpha value is -1.19. The average molecular weight is 280 g/mol. The zero-order valence-corrected chi connectivity index (χ0v) is 13.7. The van der Waals surface area contributed by atoms with Gasteiger partial charge in [0.25, 0.3) is 0 Å². The molecule has 0 unspecified atom stereocenters. The quantitative estimate of drug-likeness (QED) is 0.631. The number of anilines is 2. The van der Waals surface area contributed by atoms with Crippen LogP contribution >= 0.6 is 0 Å². The molecule has 1 heterocycles. The Bertz CT molecular complexity index is 382. The van der Waals surface area contributed by atoms with Crippen molar-refractivity contribution < 1.29 is 0 Å². The third-order valence-electron chi connectivity index (χ3n) is 3.61. The lowest BCUT2D eigenvalue weighted by Gasteiger charge is -2.10. The van der Waals surface area contributed by atoms with Crippen molar-refractivity contribution in [1.29, 1.82) is 0 Å². The minimum atomic E-state index is 0.804. The third-order valence-corrected chi connectivity index (χ3v) is 3.61. The van der Waals surface area contributed by atoms with Gasteiger partial charge in [0.1, 0.15) is 5.82 Å². The summed E-state index contributed by atoms with van der Waals surface area (Å²) in [5.41, 5.74) is 7.82. The standard InChI is InChI=1S/C16H32N4/c1-5-12-20-16(15(17)14(4)19-20)18-11-9-7-6-8-10-13(2)3/h13,18H,5-12,17H2,1-4H3. The van der Waals surface area contributed by atoms with E-state index in [1.54, 1.807) is 0 Å². The predicted octanol–water partition coefficient (Wildman–Crippen LogP) is 4.20. The smallest absolute Gasteiger partial charge is 0.148 e. The molecule has 4 heteroatoms. The summed E-state index contributed by atoms with van der Waals surface area (Å²) in [5, 5.41) is 7.94. The highest BCUT2D eigenvalue weighted by Gasteiger charge is 2.10. The van der Waals surface area contributed by atoms with E-state index in [4.69, 9.17) is 5.73 Å². The largest absolute Gasteiger partial charge is 0.394 e. The normalized spacial score (nSPS) is 11.2. The summed E-state index contributed by atoms with van der Waals surface area (Å²) in [6, 6.07) is 0. The second-order valence-electron chi connectivity index (χ2n) is 6.09. The van der Waals surface area contributed by atoms with Crippen LogP contribution in [0.25, 0.3) is 0 Å². The Balaban J connectivity index is 2.28. The highest BCUT2D eigenvalue weighted by atomic mass is 15.3. The van der Waals surface area contributed by atoms with Crippen LogP contribution in [0.5, 0.6) is 0 Å². The fraction of sp³-hybridized carbons (Fsp3) is 0.812. The van der Waals surface area contributed by atoms with E-state index in [9.17, 15) is 0 Å². The lowest BCUT2D eigenvalue weighted by atomic mass is 10.0. The summed E-state index contributed by atoms with van der Waals surface area (Å²) in [7, 11) is 0. The summed E-state index contributed by atoms with van der Waals surface area (Å²) in [4.78, 5) is 0. The first kappa shape index (κ1) is 16.9. The van der Waals surface area contributed by atoms with Gasteiger partial charge in [0.2, 0.25) is 0 Å². The predicted molar refractivity (Wildman–Crippen MR) is 88.1 cm³/mol. The van der Waals surface area contributed by atoms with Crippen molar-refractivity contribution in [3.63, 3.8) is 0 Å². The molecule has 20 heavy (non-hydrogen) atoms. The average Bonchev–Trinajstić information content (AvgIpc) is 2.65. The van der Waals surface area contributed by atoms with E-state index in [2.05, 4.69) is 31.2 Å². The van der Waals surface area contributed by atoms with Crippen LogP contribution in [0.3, 0.4) is 0 Å². The van der Waals surface area contributed by atoms with Gasteiger partial charge in [-0.05, 0) is 25.7 Å². The van der Waals surface area contributed by atoms with Crippen molar-refractivity contribution in [3.8, 4) is 0 Å². The van der Waals surface area contributed by atoms with Crippen molar-refractivity contribution in [1.82, 2.24) is 9.78 Å². The van der Waals surface area contributed by atoms with Crippen molar-refractivity contribution >= 4 is 11.5 Å². The number of unbranched alkanes of at least 4 members (excludes halogenated alkanes) is 3. The number of aryl methyl sites for hydroxylation is 2. The van der Waals surface area contributed by atoms with Crippen LogP contribution in [0.4, 0.5) is 11.5 Å². The van der Waals surface area contributed by atoms with Crippen LogP contribution in [0.2, 0.25) is 0 Å². The fourth-order valence-electron chi connectivity index (χ4n) is 2.39. The molecule has 0 fully saturated rings. The molecule has 4 nitrogen and oxygen atoms in total. The molecule has 0 aliphatic carbocycles. The second kappa shape index (κ2) is 8.88. The minimum Gasteiger partial charge on any atom is -0.394 e. The summed E-state index contributed by atoms with van der Waals surface area (Å²) < 4.78 is 2.00. The topological polar surface area (TPSA) is 55.9 Å². The first-order valence-electron chi connectivity index (χ1n) is 8.13. The molecule has 1 aromatic rings. The maximum Gasteiger partial charge on any atom is 0.148 e. The highest BCUT2D eigenvalue weighted by molar-refractivity contribution is 5.64. The van der Waals surface area contributed by atoms with Gasteiger partial charge in [-0.15, -0.1) is 0 Å². The molecule has 3 N–H and O–H groups in total. The Morgan fingerprint density at radius 2 is 1.90 bits per heavy atom. The van der Waals surface area contributed by atoms with Gasteiger partial charge in [-0.25, -0.2) is 4.68 Å². The van der Waals surface area contributed by atoms with Crippen molar-refractivity contribution in [2.24, 2.45) is 5.92 Å². The van der Waals surface area contributed by atoms with Crippen LogP contribution in [-0.4, -0.2) is 16.3 Å². The summed E-state index contributed by atoms with van der Waals surface area (Å²) in [6.07, 6.45) is 7.61. The van der Waals surface area contributed by atoms with E-state index < -0.39 is 0 Å². The van der Waals surface area contributed by atoms with E-state index in [-0.39, 0.29) is 0 Å². The molecular weight excluding hydrogens is 248 g/mol. The van der Waals surface area contributed by atoms with Gasteiger partial charge in [-0.3, -0.25) is 0 Å². The summed E-state index contributed by atoms with van der Waals surface area (Å²) >= 11 is 0. The SMILES string of the molecule is CCCn1nc(C)c(N)c1NCCCCCCC(C)C. The number of aromatic nitrogens is 2. The lowest BCUT2D eigenvalue weighted by Crippen LogP contribution is -2.10. The molecule has 0 aliphatic rings.